The topological polar surface area (TPSA) is 98.0 Å². The van der Waals surface area contributed by atoms with E-state index in [-0.39, 0.29) is 6.09 Å². The summed E-state index contributed by atoms with van der Waals surface area (Å²) in [7, 11) is 0. The van der Waals surface area contributed by atoms with Gasteiger partial charge in [-0.25, -0.2) is 19.3 Å². The maximum Gasteiger partial charge on any atom is 0.410 e. The molecule has 1 aromatic carbocycles. The summed E-state index contributed by atoms with van der Waals surface area (Å²) in [6, 6.07) is 13.9. The van der Waals surface area contributed by atoms with E-state index >= 15 is 0 Å². The highest BCUT2D eigenvalue weighted by Crippen LogP contribution is 2.30. The van der Waals surface area contributed by atoms with E-state index in [2.05, 4.69) is 26.0 Å². The van der Waals surface area contributed by atoms with Crippen molar-refractivity contribution in [3.8, 4) is 28.1 Å². The SMILES string of the molecule is CC(C)(C)OC(=O)N1CCN(CCOc2ccc(-c3cnc4c(-c5ccnc6ccccc56)cnn4c3)cn2)CC1. The number of aromatic nitrogens is 5. The first-order valence-electron chi connectivity index (χ1n) is 13.8. The second-order valence-corrected chi connectivity index (χ2v) is 11.1. The first-order valence-corrected chi connectivity index (χ1v) is 13.8. The minimum absolute atomic E-state index is 0.248. The highest BCUT2D eigenvalue weighted by atomic mass is 16.6. The molecule has 0 bridgehead atoms. The van der Waals surface area contributed by atoms with E-state index in [0.717, 1.165) is 58.4 Å². The molecule has 6 rings (SSSR count). The third-order valence-electron chi connectivity index (χ3n) is 7.05. The molecule has 5 heterocycles. The van der Waals surface area contributed by atoms with Crippen LogP contribution in [-0.2, 0) is 4.74 Å². The number of pyridine rings is 2. The number of rotatable bonds is 6. The molecule has 10 heteroatoms. The zero-order chi connectivity index (χ0) is 28.4. The maximum absolute atomic E-state index is 12.3. The minimum Gasteiger partial charge on any atom is -0.476 e. The van der Waals surface area contributed by atoms with Crippen LogP contribution in [0.3, 0.4) is 0 Å². The van der Waals surface area contributed by atoms with Crippen LogP contribution in [-0.4, -0.2) is 85.4 Å². The van der Waals surface area contributed by atoms with Gasteiger partial charge in [-0.15, -0.1) is 0 Å². The fourth-order valence-electron chi connectivity index (χ4n) is 4.94. The van der Waals surface area contributed by atoms with Gasteiger partial charge in [0, 0.05) is 85.7 Å². The number of nitrogens with zero attached hydrogens (tertiary/aromatic N) is 7. The van der Waals surface area contributed by atoms with Crippen LogP contribution in [0.2, 0.25) is 0 Å². The van der Waals surface area contributed by atoms with E-state index < -0.39 is 5.60 Å². The van der Waals surface area contributed by atoms with Crippen molar-refractivity contribution in [2.75, 3.05) is 39.3 Å². The molecule has 1 aliphatic rings. The van der Waals surface area contributed by atoms with Crippen LogP contribution in [0.4, 0.5) is 4.79 Å². The van der Waals surface area contributed by atoms with Crippen molar-refractivity contribution in [3.63, 3.8) is 0 Å². The van der Waals surface area contributed by atoms with Gasteiger partial charge in [0.25, 0.3) is 0 Å². The van der Waals surface area contributed by atoms with Gasteiger partial charge < -0.3 is 14.4 Å². The molecule has 1 fully saturated rings. The summed E-state index contributed by atoms with van der Waals surface area (Å²) in [6.45, 7) is 9.81. The Bertz CT molecular complexity index is 1660. The molecule has 0 radical (unpaired) electrons. The molecule has 1 aliphatic heterocycles. The molecule has 0 aliphatic carbocycles. The Kier molecular flexibility index (Phi) is 7.23. The molecule has 0 atom stereocenters. The number of fused-ring (bicyclic) bond motifs is 2. The Hall–Kier alpha value is -4.57. The van der Waals surface area contributed by atoms with Crippen LogP contribution in [0.5, 0.6) is 5.88 Å². The van der Waals surface area contributed by atoms with Gasteiger partial charge in [-0.2, -0.15) is 5.10 Å². The van der Waals surface area contributed by atoms with Crippen molar-refractivity contribution >= 4 is 22.6 Å². The van der Waals surface area contributed by atoms with E-state index in [4.69, 9.17) is 14.5 Å². The Morgan fingerprint density at radius 3 is 2.46 bits per heavy atom. The van der Waals surface area contributed by atoms with E-state index in [0.29, 0.717) is 25.6 Å². The molecular weight excluding hydrogens is 518 g/mol. The van der Waals surface area contributed by atoms with Crippen LogP contribution >= 0.6 is 0 Å². The highest BCUT2D eigenvalue weighted by Gasteiger charge is 2.25. The largest absolute Gasteiger partial charge is 0.476 e. The molecule has 10 nitrogen and oxygen atoms in total. The molecule has 5 aromatic rings. The molecule has 1 saturated heterocycles. The quantitative estimate of drug-likeness (QED) is 0.293. The summed E-state index contributed by atoms with van der Waals surface area (Å²) in [4.78, 5) is 30.0. The lowest BCUT2D eigenvalue weighted by atomic mass is 10.0. The van der Waals surface area contributed by atoms with Crippen LogP contribution < -0.4 is 4.74 Å². The smallest absolute Gasteiger partial charge is 0.410 e. The molecule has 4 aromatic heterocycles. The second kappa shape index (κ2) is 11.1. The van der Waals surface area contributed by atoms with Crippen LogP contribution in [0.1, 0.15) is 20.8 Å². The van der Waals surface area contributed by atoms with E-state index in [1.807, 2.05) is 82.0 Å². The van der Waals surface area contributed by atoms with Crippen molar-refractivity contribution in [1.29, 1.82) is 0 Å². The van der Waals surface area contributed by atoms with Gasteiger partial charge in [-0.1, -0.05) is 18.2 Å². The molecule has 41 heavy (non-hydrogen) atoms. The number of piperazine rings is 1. The van der Waals surface area contributed by atoms with Crippen LogP contribution in [0.15, 0.2) is 73.4 Å². The average Bonchev–Trinajstić information content (AvgIpc) is 3.40. The molecule has 0 spiro atoms. The van der Waals surface area contributed by atoms with Gasteiger partial charge in [0.2, 0.25) is 5.88 Å². The highest BCUT2D eigenvalue weighted by molar-refractivity contribution is 5.97. The maximum atomic E-state index is 12.3. The summed E-state index contributed by atoms with van der Waals surface area (Å²) in [5.41, 5.74) is 5.10. The first-order chi connectivity index (χ1) is 19.8. The minimum atomic E-state index is -0.479. The fourth-order valence-corrected chi connectivity index (χ4v) is 4.94. The number of benzene rings is 1. The molecule has 0 N–H and O–H groups in total. The summed E-state index contributed by atoms with van der Waals surface area (Å²) in [5.74, 6) is 0.570. The van der Waals surface area contributed by atoms with Gasteiger partial charge in [0.1, 0.15) is 12.2 Å². The van der Waals surface area contributed by atoms with Crippen LogP contribution in [0.25, 0.3) is 38.8 Å². The Labute approximate surface area is 238 Å². The zero-order valence-electron chi connectivity index (χ0n) is 23.5. The number of amides is 1. The first kappa shape index (κ1) is 26.6. The monoisotopic (exact) mass is 551 g/mol. The third kappa shape index (κ3) is 5.97. The molecule has 1 amide bonds. The lowest BCUT2D eigenvalue weighted by Crippen LogP contribution is -2.50. The fraction of sp³-hybridized carbons (Fsp3) is 0.323. The average molecular weight is 552 g/mol. The summed E-state index contributed by atoms with van der Waals surface area (Å²) >= 11 is 0. The predicted molar refractivity (Wildman–Crippen MR) is 157 cm³/mol. The summed E-state index contributed by atoms with van der Waals surface area (Å²) < 4.78 is 13.2. The van der Waals surface area contributed by atoms with Crippen molar-refractivity contribution in [3.05, 3.63) is 73.4 Å². The van der Waals surface area contributed by atoms with Crippen molar-refractivity contribution in [2.24, 2.45) is 0 Å². The van der Waals surface area contributed by atoms with E-state index in [9.17, 15) is 4.79 Å². The molecular formula is C31H33N7O3. The zero-order valence-corrected chi connectivity index (χ0v) is 23.5. The Morgan fingerprint density at radius 1 is 0.878 bits per heavy atom. The van der Waals surface area contributed by atoms with E-state index in [1.54, 1.807) is 15.6 Å². The number of hydrogen-bond acceptors (Lipinski definition) is 8. The third-order valence-corrected chi connectivity index (χ3v) is 7.05. The predicted octanol–water partition coefficient (Wildman–Crippen LogP) is 4.94. The van der Waals surface area contributed by atoms with Gasteiger partial charge in [-0.3, -0.25) is 9.88 Å². The number of carbonyl (C=O) groups is 1. The second-order valence-electron chi connectivity index (χ2n) is 11.1. The standard InChI is InChI=1S/C31H33N7O3/c1-31(2,3)41-30(39)37-14-12-36(13-15-37)16-17-40-28-9-8-22(18-33-28)23-19-34-29-26(20-35-38(29)21-23)24-10-11-32-27-7-5-4-6-25(24)27/h4-11,18-21H,12-17H2,1-3H3. The molecule has 210 valence electrons. The van der Waals surface area contributed by atoms with Crippen LogP contribution in [0, 0.1) is 0 Å². The van der Waals surface area contributed by atoms with Crippen molar-refractivity contribution in [1.82, 2.24) is 34.4 Å². The van der Waals surface area contributed by atoms with E-state index in [1.165, 1.54) is 0 Å². The summed E-state index contributed by atoms with van der Waals surface area (Å²) in [5, 5.41) is 5.64. The van der Waals surface area contributed by atoms with Gasteiger partial charge >= 0.3 is 6.09 Å². The molecule has 0 unspecified atom stereocenters. The van der Waals surface area contributed by atoms with Gasteiger partial charge in [0.05, 0.1) is 11.7 Å². The Morgan fingerprint density at radius 2 is 1.68 bits per heavy atom. The number of hydrogen-bond donors (Lipinski definition) is 0. The van der Waals surface area contributed by atoms with Gasteiger partial charge in [-0.05, 0) is 44.5 Å². The van der Waals surface area contributed by atoms with Crippen molar-refractivity contribution in [2.45, 2.75) is 26.4 Å². The molecule has 0 saturated carbocycles. The van der Waals surface area contributed by atoms with Gasteiger partial charge in [0.15, 0.2) is 5.65 Å². The summed E-state index contributed by atoms with van der Waals surface area (Å²) in [6.07, 6.45) is 9.01. The Balaban J connectivity index is 1.05. The number of ether oxygens (including phenoxy) is 2. The number of carbonyl (C=O) groups excluding carboxylic acids is 1. The normalized spacial score (nSPS) is 14.5. The lowest BCUT2D eigenvalue weighted by molar-refractivity contribution is 0.0136. The number of para-hydroxylation sites is 1. The lowest BCUT2D eigenvalue weighted by Gasteiger charge is -2.35. The van der Waals surface area contributed by atoms with Crippen molar-refractivity contribution < 1.29 is 14.3 Å².